The molecule has 0 fully saturated rings. The van der Waals surface area contributed by atoms with E-state index in [4.69, 9.17) is 317 Å². The van der Waals surface area contributed by atoms with Gasteiger partial charge in [0.2, 0.25) is 0 Å². The number of carboxylic acid groups (broad SMARTS) is 32. The standard InChI is InChI=1S/32C2H4O2/c32*1-2(3)4/h32*1H3,(H,3,4). The zero-order valence-electron chi connectivity index (χ0n) is 75.4. The summed E-state index contributed by atoms with van der Waals surface area (Å²) in [5.74, 6) is -26.7. The maximum atomic E-state index is 9.00. The van der Waals surface area contributed by atoms with Gasteiger partial charge in [-0.1, -0.05) is 0 Å². The second-order valence-electron chi connectivity index (χ2n) is 16.6. The fourth-order valence-electron chi connectivity index (χ4n) is 0. The molecule has 0 spiro atoms. The Kier molecular flexibility index (Phi) is 352. The molecule has 0 heterocycles. The first-order valence-corrected chi connectivity index (χ1v) is 29.7. The van der Waals surface area contributed by atoms with E-state index in [-0.39, 0.29) is 0 Å². The minimum Gasteiger partial charge on any atom is -0.481 e. The molecule has 0 saturated carbocycles. The molecule has 0 saturated heterocycles. The number of carboxylic acids is 32. The summed E-state index contributed by atoms with van der Waals surface area (Å²) in [6, 6.07) is 0. The first-order chi connectivity index (χ1) is 55.4. The molecule has 0 rings (SSSR count). The van der Waals surface area contributed by atoms with Crippen LogP contribution in [0.4, 0.5) is 0 Å². The van der Waals surface area contributed by atoms with E-state index in [0.29, 0.717) is 0 Å². The van der Waals surface area contributed by atoms with E-state index in [1.807, 2.05) is 0 Å². The van der Waals surface area contributed by atoms with Gasteiger partial charge in [0, 0.05) is 222 Å². The van der Waals surface area contributed by atoms with Crippen molar-refractivity contribution in [1.82, 2.24) is 0 Å². The lowest BCUT2D eigenvalue weighted by Gasteiger charge is -1.59. The van der Waals surface area contributed by atoms with E-state index >= 15 is 0 Å². The molecule has 0 aromatic rings. The van der Waals surface area contributed by atoms with Crippen LogP contribution in [0.1, 0.15) is 222 Å². The van der Waals surface area contributed by atoms with Crippen LogP contribution in [0.2, 0.25) is 0 Å². The van der Waals surface area contributed by atoms with Crippen LogP contribution in [0.5, 0.6) is 0 Å². The third kappa shape index (κ3) is 4420. The topological polar surface area (TPSA) is 1190 Å². The number of carbonyl (C=O) groups is 32. The monoisotopic (exact) mass is 1920 g/mol. The molecule has 64 heteroatoms. The Morgan fingerprint density at radius 1 is 0.0625 bits per heavy atom. The highest BCUT2D eigenvalue weighted by Crippen LogP contribution is 1.53. The summed E-state index contributed by atoms with van der Waals surface area (Å²) in [5.41, 5.74) is 0. The maximum Gasteiger partial charge on any atom is 0.300 e. The van der Waals surface area contributed by atoms with Crippen molar-refractivity contribution in [2.45, 2.75) is 222 Å². The van der Waals surface area contributed by atoms with Crippen LogP contribution in [0.15, 0.2) is 0 Å². The lowest BCUT2D eigenvalue weighted by molar-refractivity contribution is -0.135. The van der Waals surface area contributed by atoms with Gasteiger partial charge >= 0.3 is 0 Å². The molecule has 32 N–H and O–H groups in total. The Hall–Kier alpha value is -17.0. The molecule has 0 aliphatic rings. The van der Waals surface area contributed by atoms with Gasteiger partial charge in [-0.05, 0) is 0 Å². The van der Waals surface area contributed by atoms with Crippen molar-refractivity contribution in [2.24, 2.45) is 0 Å². The van der Waals surface area contributed by atoms with Crippen LogP contribution < -0.4 is 0 Å². The molecule has 0 amide bonds. The van der Waals surface area contributed by atoms with Crippen molar-refractivity contribution in [3.8, 4) is 0 Å². The predicted octanol–water partition coefficient (Wildman–Crippen LogP) is 2.91. The Bertz CT molecular complexity index is 1820. The van der Waals surface area contributed by atoms with E-state index in [9.17, 15) is 0 Å². The molecule has 0 aliphatic heterocycles. The minimum atomic E-state index is -0.833. The van der Waals surface area contributed by atoms with Gasteiger partial charge in [0.15, 0.2) is 0 Å². The summed E-state index contributed by atoms with van der Waals surface area (Å²) in [6.07, 6.45) is 0. The highest BCUT2D eigenvalue weighted by molar-refractivity contribution is 5.70. The van der Waals surface area contributed by atoms with Crippen molar-refractivity contribution in [2.75, 3.05) is 0 Å². The number of hydrogen-bond donors (Lipinski definition) is 32. The average molecular weight is 1920 g/mol. The number of hydrogen-bond acceptors (Lipinski definition) is 32. The third-order valence-corrected chi connectivity index (χ3v) is 0. The van der Waals surface area contributed by atoms with Crippen molar-refractivity contribution >= 4 is 191 Å². The quantitative estimate of drug-likeness (QED) is 0.166. The SMILES string of the molecule is CC(=O)O.CC(=O)O.CC(=O)O.CC(=O)O.CC(=O)O.CC(=O)O.CC(=O)O.CC(=O)O.CC(=O)O.CC(=O)O.CC(=O)O.CC(=O)O.CC(=O)O.CC(=O)O.CC(=O)O.CC(=O)O.CC(=O)O.CC(=O)O.CC(=O)O.CC(=O)O.CC(=O)O.CC(=O)O.CC(=O)O.CC(=O)O.CC(=O)O.CC(=O)O.CC(=O)O.CC(=O)O.CC(=O)O.CC(=O)O.CC(=O)O.CC(=O)O. The molecule has 64 nitrogen and oxygen atoms in total. The van der Waals surface area contributed by atoms with Crippen LogP contribution in [0, 0.1) is 0 Å². The van der Waals surface area contributed by atoms with Gasteiger partial charge in [-0.2, -0.15) is 0 Å². The maximum absolute atomic E-state index is 9.00. The Labute approximate surface area is 727 Å². The van der Waals surface area contributed by atoms with Gasteiger partial charge in [-0.15, -0.1) is 0 Å². The van der Waals surface area contributed by atoms with E-state index in [1.54, 1.807) is 0 Å². The molecular weight excluding hydrogens is 1790 g/mol. The molecule has 768 valence electrons. The molecule has 0 atom stereocenters. The summed E-state index contributed by atoms with van der Waals surface area (Å²) in [4.78, 5) is 288. The van der Waals surface area contributed by atoms with Crippen molar-refractivity contribution < 1.29 is 317 Å². The number of rotatable bonds is 0. The summed E-state index contributed by atoms with van der Waals surface area (Å²) in [7, 11) is 0. The van der Waals surface area contributed by atoms with Crippen molar-refractivity contribution in [1.29, 1.82) is 0 Å². The first-order valence-electron chi connectivity index (χ1n) is 29.7. The zero-order valence-corrected chi connectivity index (χ0v) is 75.4. The molecule has 0 aliphatic carbocycles. The molecular formula is C64H128O64. The van der Waals surface area contributed by atoms with Crippen molar-refractivity contribution in [3.05, 3.63) is 0 Å². The van der Waals surface area contributed by atoms with E-state index < -0.39 is 191 Å². The van der Waals surface area contributed by atoms with Crippen LogP contribution in [0.3, 0.4) is 0 Å². The largest absolute Gasteiger partial charge is 0.481 e. The van der Waals surface area contributed by atoms with Gasteiger partial charge in [-0.3, -0.25) is 153 Å². The zero-order chi connectivity index (χ0) is 114. The predicted molar refractivity (Wildman–Crippen MR) is 426 cm³/mol. The number of aliphatic carboxylic acids is 32. The minimum absolute atomic E-state index is 0.833. The van der Waals surface area contributed by atoms with Gasteiger partial charge in [-0.25, -0.2) is 0 Å². The normalized spacial score (nSPS) is 6.25. The van der Waals surface area contributed by atoms with E-state index in [0.717, 1.165) is 222 Å². The summed E-state index contributed by atoms with van der Waals surface area (Å²) < 4.78 is 0. The molecule has 0 unspecified atom stereocenters. The Morgan fingerprint density at radius 3 is 0.0625 bits per heavy atom. The van der Waals surface area contributed by atoms with Crippen molar-refractivity contribution in [3.63, 3.8) is 0 Å². The molecule has 0 radical (unpaired) electrons. The van der Waals surface area contributed by atoms with Gasteiger partial charge < -0.3 is 163 Å². The molecule has 0 bridgehead atoms. The lowest BCUT2D eigenvalue weighted by atomic mass is 10.9. The van der Waals surface area contributed by atoms with E-state index in [1.165, 1.54) is 0 Å². The lowest BCUT2D eigenvalue weighted by Crippen LogP contribution is -1.78. The summed E-state index contributed by atoms with van der Waals surface area (Å²) in [5, 5.41) is 237. The van der Waals surface area contributed by atoms with E-state index in [2.05, 4.69) is 0 Å². The van der Waals surface area contributed by atoms with Gasteiger partial charge in [0.1, 0.15) is 0 Å². The summed E-state index contributed by atoms with van der Waals surface area (Å²) >= 11 is 0. The van der Waals surface area contributed by atoms with Gasteiger partial charge in [0.25, 0.3) is 191 Å². The second kappa shape index (κ2) is 209. The molecule has 0 aromatic heterocycles. The molecule has 0 aromatic carbocycles. The fraction of sp³-hybridized carbons (Fsp3) is 0.500. The van der Waals surface area contributed by atoms with Gasteiger partial charge in [0.05, 0.1) is 0 Å². The highest BCUT2D eigenvalue weighted by atomic mass is 16.5. The Morgan fingerprint density at radius 2 is 0.0625 bits per heavy atom. The molecule has 128 heavy (non-hydrogen) atoms. The summed E-state index contributed by atoms with van der Waals surface area (Å²) in [6.45, 7) is 34.7. The smallest absolute Gasteiger partial charge is 0.300 e. The highest BCUT2D eigenvalue weighted by Gasteiger charge is 1.76. The first kappa shape index (κ1) is 215. The van der Waals surface area contributed by atoms with Crippen LogP contribution in [-0.4, -0.2) is 354 Å². The Balaban J connectivity index is -0.0000000248. The third-order valence-electron chi connectivity index (χ3n) is 0. The van der Waals surface area contributed by atoms with Crippen LogP contribution in [0.25, 0.3) is 0 Å². The second-order valence-corrected chi connectivity index (χ2v) is 16.6. The fourth-order valence-corrected chi connectivity index (χ4v) is 0. The van der Waals surface area contributed by atoms with Crippen LogP contribution >= 0.6 is 0 Å². The van der Waals surface area contributed by atoms with Crippen LogP contribution in [-0.2, 0) is 153 Å². The average Bonchev–Trinajstić information content (AvgIpc) is 3.33.